The molecule has 0 unspecified atom stereocenters. The summed E-state index contributed by atoms with van der Waals surface area (Å²) in [6.45, 7) is 0. The second-order valence-corrected chi connectivity index (χ2v) is 4.38. The number of aromatic nitrogens is 1. The van der Waals surface area contributed by atoms with Crippen molar-refractivity contribution in [2.24, 2.45) is 0 Å². The van der Waals surface area contributed by atoms with E-state index in [1.807, 2.05) is 0 Å². The molecule has 0 N–H and O–H groups in total. The normalized spacial score (nSPS) is 11.5. The van der Waals surface area contributed by atoms with Crippen LogP contribution >= 0.6 is 46.1 Å². The van der Waals surface area contributed by atoms with Gasteiger partial charge in [0, 0.05) is 11.6 Å². The van der Waals surface area contributed by atoms with E-state index in [1.165, 1.54) is 11.3 Å². The average molecular weight is 218 g/mol. The Hall–Kier alpha value is 0.300. The summed E-state index contributed by atoms with van der Waals surface area (Å²) in [6, 6.07) is 0. The highest BCUT2D eigenvalue weighted by atomic mass is 35.6. The van der Waals surface area contributed by atoms with Crippen LogP contribution in [0.4, 0.5) is 0 Å². The molecule has 0 bridgehead atoms. The van der Waals surface area contributed by atoms with E-state index < -0.39 is 3.98 Å². The zero-order valence-corrected chi connectivity index (χ0v) is 7.64. The number of ether oxygens (including phenoxy) is 1. The Balaban J connectivity index is 2.57. The van der Waals surface area contributed by atoms with Crippen LogP contribution in [0.25, 0.3) is 0 Å². The van der Waals surface area contributed by atoms with E-state index >= 15 is 0 Å². The summed E-state index contributed by atoms with van der Waals surface area (Å²) in [4.78, 5) is 3.74. The molecule has 1 aromatic rings. The second kappa shape index (κ2) is 3.13. The summed E-state index contributed by atoms with van der Waals surface area (Å²) in [6.07, 6.45) is 1.57. The van der Waals surface area contributed by atoms with Crippen molar-refractivity contribution in [3.63, 3.8) is 0 Å². The van der Waals surface area contributed by atoms with Crippen LogP contribution in [-0.4, -0.2) is 8.96 Å². The van der Waals surface area contributed by atoms with Gasteiger partial charge in [-0.1, -0.05) is 11.3 Å². The van der Waals surface area contributed by atoms with Crippen molar-refractivity contribution in [2.45, 2.75) is 3.98 Å². The fraction of sp³-hybridized carbons (Fsp3) is 0.250. The van der Waals surface area contributed by atoms with Crippen molar-refractivity contribution >= 4 is 46.1 Å². The van der Waals surface area contributed by atoms with E-state index in [4.69, 9.17) is 39.5 Å². The molecular weight excluding hydrogens is 216 g/mol. The van der Waals surface area contributed by atoms with Gasteiger partial charge in [0.05, 0.1) is 0 Å². The molecule has 0 aliphatic heterocycles. The van der Waals surface area contributed by atoms with Gasteiger partial charge in [-0.05, 0) is 34.8 Å². The Morgan fingerprint density at radius 3 is 2.60 bits per heavy atom. The molecule has 0 saturated carbocycles. The monoisotopic (exact) mass is 217 g/mol. The van der Waals surface area contributed by atoms with Gasteiger partial charge >= 0.3 is 3.98 Å². The molecule has 1 aromatic heterocycles. The molecule has 0 saturated heterocycles. The van der Waals surface area contributed by atoms with Crippen LogP contribution in [0.1, 0.15) is 0 Å². The van der Waals surface area contributed by atoms with Gasteiger partial charge in [-0.25, -0.2) is 4.98 Å². The van der Waals surface area contributed by atoms with Crippen LogP contribution in [-0.2, 0) is 0 Å². The molecule has 6 heteroatoms. The number of hydrogen-bond donors (Lipinski definition) is 0. The minimum Gasteiger partial charge on any atom is -0.419 e. The molecule has 0 amide bonds. The Morgan fingerprint density at radius 1 is 1.50 bits per heavy atom. The van der Waals surface area contributed by atoms with Crippen molar-refractivity contribution in [1.82, 2.24) is 4.98 Å². The summed E-state index contributed by atoms with van der Waals surface area (Å²) >= 11 is 17.2. The van der Waals surface area contributed by atoms with Crippen LogP contribution in [0.5, 0.6) is 5.19 Å². The van der Waals surface area contributed by atoms with E-state index in [0.29, 0.717) is 5.19 Å². The van der Waals surface area contributed by atoms with Crippen LogP contribution < -0.4 is 4.74 Å². The van der Waals surface area contributed by atoms with Gasteiger partial charge in [-0.15, -0.1) is 0 Å². The Bertz CT molecular complexity index is 195. The van der Waals surface area contributed by atoms with Crippen molar-refractivity contribution in [1.29, 1.82) is 0 Å². The number of hydrogen-bond acceptors (Lipinski definition) is 3. The molecule has 0 fully saturated rings. The van der Waals surface area contributed by atoms with Gasteiger partial charge in [-0.3, -0.25) is 0 Å². The minimum absolute atomic E-state index is 0.347. The lowest BCUT2D eigenvalue weighted by molar-refractivity contribution is 0.318. The molecule has 0 aliphatic carbocycles. The van der Waals surface area contributed by atoms with Gasteiger partial charge in [0.25, 0.3) is 5.19 Å². The largest absolute Gasteiger partial charge is 0.419 e. The maximum Gasteiger partial charge on any atom is 0.340 e. The summed E-state index contributed by atoms with van der Waals surface area (Å²) in [5, 5.41) is 2.08. The lowest BCUT2D eigenvalue weighted by Gasteiger charge is -2.09. The van der Waals surface area contributed by atoms with Gasteiger partial charge in [0.15, 0.2) is 0 Å². The highest BCUT2D eigenvalue weighted by molar-refractivity contribution is 7.11. The summed E-state index contributed by atoms with van der Waals surface area (Å²) in [7, 11) is 0. The summed E-state index contributed by atoms with van der Waals surface area (Å²) in [5.41, 5.74) is 0. The molecule has 0 radical (unpaired) electrons. The third-order valence-electron chi connectivity index (χ3n) is 0.613. The molecular formula is C4H2Cl3NOS. The van der Waals surface area contributed by atoms with Crippen molar-refractivity contribution in [2.75, 3.05) is 0 Å². The molecule has 1 heterocycles. The summed E-state index contributed by atoms with van der Waals surface area (Å²) in [5.74, 6) is 0. The van der Waals surface area contributed by atoms with Crippen LogP contribution in [0, 0.1) is 0 Å². The third-order valence-corrected chi connectivity index (χ3v) is 1.49. The smallest absolute Gasteiger partial charge is 0.340 e. The molecule has 0 spiro atoms. The Morgan fingerprint density at radius 2 is 2.20 bits per heavy atom. The third kappa shape index (κ3) is 2.92. The lowest BCUT2D eigenvalue weighted by atomic mass is 11.0. The van der Waals surface area contributed by atoms with E-state index in [2.05, 4.69) is 4.98 Å². The zero-order valence-electron chi connectivity index (χ0n) is 4.55. The van der Waals surface area contributed by atoms with E-state index in [9.17, 15) is 0 Å². The minimum atomic E-state index is -1.71. The maximum atomic E-state index is 5.30. The van der Waals surface area contributed by atoms with Crippen LogP contribution in [0.15, 0.2) is 11.6 Å². The highest BCUT2D eigenvalue weighted by Crippen LogP contribution is 2.30. The summed E-state index contributed by atoms with van der Waals surface area (Å²) < 4.78 is 3.03. The predicted octanol–water partition coefficient (Wildman–Crippen LogP) is 2.85. The van der Waals surface area contributed by atoms with Gasteiger partial charge in [0.2, 0.25) is 0 Å². The van der Waals surface area contributed by atoms with Crippen molar-refractivity contribution < 1.29 is 4.74 Å². The number of halogens is 3. The molecule has 0 atom stereocenters. The zero-order chi connectivity index (χ0) is 7.61. The molecule has 0 aliphatic rings. The quantitative estimate of drug-likeness (QED) is 0.676. The number of rotatable bonds is 1. The number of nitrogens with zero attached hydrogens (tertiary/aromatic N) is 1. The van der Waals surface area contributed by atoms with E-state index in [0.717, 1.165) is 0 Å². The Labute approximate surface area is 76.7 Å². The fourth-order valence-electron chi connectivity index (χ4n) is 0.360. The van der Waals surface area contributed by atoms with Crippen LogP contribution in [0.2, 0.25) is 0 Å². The van der Waals surface area contributed by atoms with Gasteiger partial charge in [0.1, 0.15) is 0 Å². The Kier molecular flexibility index (Phi) is 2.63. The first kappa shape index (κ1) is 8.40. The first-order chi connectivity index (χ1) is 4.58. The standard InChI is InChI=1S/C4H2Cl3NOS/c5-4(6,7)9-3-8-1-2-10-3/h1-2H. The molecule has 1 rings (SSSR count). The highest BCUT2D eigenvalue weighted by Gasteiger charge is 2.22. The second-order valence-electron chi connectivity index (χ2n) is 1.35. The number of thiazole rings is 1. The molecule has 0 aromatic carbocycles. The van der Waals surface area contributed by atoms with Crippen LogP contribution in [0.3, 0.4) is 0 Å². The van der Waals surface area contributed by atoms with E-state index in [1.54, 1.807) is 11.6 Å². The lowest BCUT2D eigenvalue weighted by Crippen LogP contribution is -2.11. The maximum absolute atomic E-state index is 5.30. The molecule has 10 heavy (non-hydrogen) atoms. The van der Waals surface area contributed by atoms with E-state index in [-0.39, 0.29) is 0 Å². The number of alkyl halides is 3. The van der Waals surface area contributed by atoms with Crippen molar-refractivity contribution in [3.05, 3.63) is 11.6 Å². The first-order valence-corrected chi connectivity index (χ1v) is 4.24. The van der Waals surface area contributed by atoms with Gasteiger partial charge in [-0.2, -0.15) is 0 Å². The predicted molar refractivity (Wildman–Crippen MR) is 43.0 cm³/mol. The first-order valence-electron chi connectivity index (χ1n) is 2.23. The molecule has 56 valence electrons. The topological polar surface area (TPSA) is 22.1 Å². The molecule has 2 nitrogen and oxygen atoms in total. The van der Waals surface area contributed by atoms with Gasteiger partial charge < -0.3 is 4.74 Å². The van der Waals surface area contributed by atoms with Crippen molar-refractivity contribution in [3.8, 4) is 5.19 Å². The fourth-order valence-corrected chi connectivity index (χ4v) is 1.25. The average Bonchev–Trinajstić information content (AvgIpc) is 2.12. The SMILES string of the molecule is ClC(Cl)(Cl)Oc1nccs1.